The van der Waals surface area contributed by atoms with E-state index < -0.39 is 0 Å². The molecule has 3 nitrogen and oxygen atoms in total. The Hall–Kier alpha value is -0.380. The molecule has 106 valence electrons. The number of hydrazine groups is 1. The fourth-order valence-corrected chi connectivity index (χ4v) is 2.81. The fraction of sp³-hybridized carbons (Fsp3) is 0.867. The Balaban J connectivity index is 2.69. The normalized spacial score (nSPS) is 20.4. The minimum atomic E-state index is 0.0944. The molecule has 0 aromatic carbocycles. The summed E-state index contributed by atoms with van der Waals surface area (Å²) in [4.78, 5) is 2.60. The van der Waals surface area contributed by atoms with Gasteiger partial charge in [-0.1, -0.05) is 31.9 Å². The van der Waals surface area contributed by atoms with Crippen LogP contribution in [0.2, 0.25) is 0 Å². The summed E-state index contributed by atoms with van der Waals surface area (Å²) in [5, 5.41) is 0. The molecule has 1 fully saturated rings. The van der Waals surface area contributed by atoms with Gasteiger partial charge in [-0.3, -0.25) is 16.2 Å². The molecule has 3 N–H and O–H groups in total. The van der Waals surface area contributed by atoms with Crippen molar-refractivity contribution in [3.05, 3.63) is 12.2 Å². The van der Waals surface area contributed by atoms with Crippen LogP contribution in [0, 0.1) is 0 Å². The summed E-state index contributed by atoms with van der Waals surface area (Å²) in [6, 6.07) is 0.281. The van der Waals surface area contributed by atoms with Gasteiger partial charge in [0.25, 0.3) is 0 Å². The quantitative estimate of drug-likeness (QED) is 0.434. The van der Waals surface area contributed by atoms with Gasteiger partial charge < -0.3 is 0 Å². The van der Waals surface area contributed by atoms with Gasteiger partial charge in [-0.2, -0.15) is 0 Å². The third kappa shape index (κ3) is 4.08. The molecule has 1 aliphatic rings. The molecule has 0 radical (unpaired) electrons. The molecule has 1 unspecified atom stereocenters. The third-order valence-electron chi connectivity index (χ3n) is 4.47. The van der Waals surface area contributed by atoms with Crippen LogP contribution in [-0.4, -0.2) is 29.6 Å². The lowest BCUT2D eigenvalue weighted by atomic mass is 9.87. The SMILES string of the molecule is C=C(CC)CC(NN)C(C)(C)N1CCCCCC1. The monoisotopic (exact) mass is 253 g/mol. The average molecular weight is 253 g/mol. The largest absolute Gasteiger partial charge is 0.297 e. The molecule has 0 spiro atoms. The molecule has 0 amide bonds. The molecular formula is C15H31N3. The molecule has 0 saturated carbocycles. The summed E-state index contributed by atoms with van der Waals surface area (Å²) in [6.07, 6.45) is 7.37. The Bertz CT molecular complexity index is 252. The lowest BCUT2D eigenvalue weighted by Gasteiger charge is -2.44. The van der Waals surface area contributed by atoms with Gasteiger partial charge in [0.2, 0.25) is 0 Å². The highest BCUT2D eigenvalue weighted by Gasteiger charge is 2.34. The van der Waals surface area contributed by atoms with Crippen LogP contribution >= 0.6 is 0 Å². The van der Waals surface area contributed by atoms with Gasteiger partial charge in [-0.15, -0.1) is 0 Å². The maximum Gasteiger partial charge on any atom is 0.0426 e. The Morgan fingerprint density at radius 2 is 1.83 bits per heavy atom. The second-order valence-electron chi connectivity index (χ2n) is 6.08. The Morgan fingerprint density at radius 3 is 2.28 bits per heavy atom. The van der Waals surface area contributed by atoms with Crippen molar-refractivity contribution >= 4 is 0 Å². The lowest BCUT2D eigenvalue weighted by Crippen LogP contribution is -2.59. The summed E-state index contributed by atoms with van der Waals surface area (Å²) >= 11 is 0. The van der Waals surface area contributed by atoms with Crippen LogP contribution in [0.1, 0.15) is 59.3 Å². The van der Waals surface area contributed by atoms with Crippen molar-refractivity contribution in [3.63, 3.8) is 0 Å². The smallest absolute Gasteiger partial charge is 0.0426 e. The van der Waals surface area contributed by atoms with E-state index in [1.165, 1.54) is 44.3 Å². The molecule has 1 aliphatic heterocycles. The number of nitrogens with one attached hydrogen (secondary N) is 1. The standard InChI is InChI=1S/C15H31N3/c1-5-13(2)12-14(17-16)15(3,4)18-10-8-6-7-9-11-18/h14,17H,2,5-12,16H2,1,3-4H3. The summed E-state index contributed by atoms with van der Waals surface area (Å²) < 4.78 is 0. The summed E-state index contributed by atoms with van der Waals surface area (Å²) in [5.41, 5.74) is 4.40. The molecule has 1 heterocycles. The fourth-order valence-electron chi connectivity index (χ4n) is 2.81. The molecule has 3 heteroatoms. The van der Waals surface area contributed by atoms with E-state index >= 15 is 0 Å². The number of nitrogens with two attached hydrogens (primary N) is 1. The highest BCUT2D eigenvalue weighted by Crippen LogP contribution is 2.26. The highest BCUT2D eigenvalue weighted by molar-refractivity contribution is 5.03. The summed E-state index contributed by atoms with van der Waals surface area (Å²) in [6.45, 7) is 13.3. The van der Waals surface area contributed by atoms with Crippen molar-refractivity contribution in [2.24, 2.45) is 5.84 Å². The second-order valence-corrected chi connectivity index (χ2v) is 6.08. The average Bonchev–Trinajstić information content (AvgIpc) is 2.64. The van der Waals surface area contributed by atoms with E-state index in [9.17, 15) is 0 Å². The zero-order valence-corrected chi connectivity index (χ0v) is 12.5. The number of hydrogen-bond donors (Lipinski definition) is 2. The van der Waals surface area contributed by atoms with Crippen LogP contribution in [0.5, 0.6) is 0 Å². The number of nitrogens with zero attached hydrogens (tertiary/aromatic N) is 1. The van der Waals surface area contributed by atoms with Crippen LogP contribution in [0.15, 0.2) is 12.2 Å². The van der Waals surface area contributed by atoms with E-state index in [0.29, 0.717) is 0 Å². The zero-order valence-electron chi connectivity index (χ0n) is 12.5. The van der Waals surface area contributed by atoms with E-state index in [2.05, 4.69) is 37.7 Å². The number of rotatable bonds is 6. The van der Waals surface area contributed by atoms with E-state index in [1.807, 2.05) is 0 Å². The Kier molecular flexibility index (Phi) is 6.33. The van der Waals surface area contributed by atoms with Crippen molar-refractivity contribution in [2.45, 2.75) is 70.9 Å². The molecule has 18 heavy (non-hydrogen) atoms. The predicted molar refractivity (Wildman–Crippen MR) is 79.3 cm³/mol. The lowest BCUT2D eigenvalue weighted by molar-refractivity contribution is 0.0833. The van der Waals surface area contributed by atoms with E-state index in [-0.39, 0.29) is 11.6 Å². The van der Waals surface area contributed by atoms with Crippen LogP contribution in [0.3, 0.4) is 0 Å². The van der Waals surface area contributed by atoms with Crippen molar-refractivity contribution in [1.82, 2.24) is 10.3 Å². The Morgan fingerprint density at radius 1 is 1.28 bits per heavy atom. The maximum atomic E-state index is 5.79. The highest BCUT2D eigenvalue weighted by atomic mass is 15.3. The molecule has 1 rings (SSSR count). The predicted octanol–water partition coefficient (Wildman–Crippen LogP) is 2.83. The summed E-state index contributed by atoms with van der Waals surface area (Å²) in [7, 11) is 0. The molecule has 0 bridgehead atoms. The molecule has 1 atom stereocenters. The first-order valence-corrected chi connectivity index (χ1v) is 7.40. The topological polar surface area (TPSA) is 41.3 Å². The first-order chi connectivity index (χ1) is 8.52. The van der Waals surface area contributed by atoms with Crippen LogP contribution in [-0.2, 0) is 0 Å². The first-order valence-electron chi connectivity index (χ1n) is 7.40. The van der Waals surface area contributed by atoms with Crippen LogP contribution < -0.4 is 11.3 Å². The Labute approximate surface area is 113 Å². The van der Waals surface area contributed by atoms with Crippen molar-refractivity contribution in [1.29, 1.82) is 0 Å². The second kappa shape index (κ2) is 7.27. The van der Waals surface area contributed by atoms with Crippen molar-refractivity contribution in [3.8, 4) is 0 Å². The summed E-state index contributed by atoms with van der Waals surface area (Å²) in [5.74, 6) is 5.79. The zero-order chi connectivity index (χ0) is 13.6. The minimum Gasteiger partial charge on any atom is -0.297 e. The van der Waals surface area contributed by atoms with Gasteiger partial charge in [0, 0.05) is 11.6 Å². The van der Waals surface area contributed by atoms with Gasteiger partial charge >= 0.3 is 0 Å². The molecule has 0 aliphatic carbocycles. The van der Waals surface area contributed by atoms with Crippen LogP contribution in [0.4, 0.5) is 0 Å². The maximum absolute atomic E-state index is 5.79. The number of likely N-dealkylation sites (tertiary alicyclic amines) is 1. The van der Waals surface area contributed by atoms with Gasteiger partial charge in [0.15, 0.2) is 0 Å². The molecule has 0 aromatic rings. The number of hydrogen-bond acceptors (Lipinski definition) is 3. The van der Waals surface area contributed by atoms with Crippen molar-refractivity contribution < 1.29 is 0 Å². The van der Waals surface area contributed by atoms with Gasteiger partial charge in [0.05, 0.1) is 0 Å². The first kappa shape index (κ1) is 15.7. The van der Waals surface area contributed by atoms with Crippen molar-refractivity contribution in [2.75, 3.05) is 13.1 Å². The van der Waals surface area contributed by atoms with Crippen LogP contribution in [0.25, 0.3) is 0 Å². The van der Waals surface area contributed by atoms with E-state index in [1.54, 1.807) is 0 Å². The third-order valence-corrected chi connectivity index (χ3v) is 4.47. The van der Waals surface area contributed by atoms with Gasteiger partial charge in [-0.25, -0.2) is 0 Å². The van der Waals surface area contributed by atoms with E-state index in [4.69, 9.17) is 5.84 Å². The van der Waals surface area contributed by atoms with E-state index in [0.717, 1.165) is 12.8 Å². The van der Waals surface area contributed by atoms with Gasteiger partial charge in [-0.05, 0) is 52.6 Å². The molecule has 1 saturated heterocycles. The molecular weight excluding hydrogens is 222 g/mol. The minimum absolute atomic E-state index is 0.0944. The molecule has 0 aromatic heterocycles. The van der Waals surface area contributed by atoms with Gasteiger partial charge in [0.1, 0.15) is 0 Å².